The molecule has 35 heavy (non-hydrogen) atoms. The topological polar surface area (TPSA) is 58.6 Å². The number of carbonyl (C=O) groups excluding carboxylic acids is 2. The minimum atomic E-state index is -0.698. The first-order chi connectivity index (χ1) is 16.9. The molecule has 2 amide bonds. The number of rotatable bonds is 11. The standard InChI is InChI=1S/C29H33ClN2O3/c1-4-22(3)31-29(34)27(18-23-10-6-5-7-11-23)32(19-24-13-15-25(30)16-14-24)28(33)20-35-26-12-8-9-21(2)17-26/h5-17,22,27H,4,18-20H2,1-3H3,(H,31,34)/t22-,27-/m0/s1. The van der Waals surface area contributed by atoms with E-state index in [9.17, 15) is 9.59 Å². The molecule has 0 unspecified atom stereocenters. The summed E-state index contributed by atoms with van der Waals surface area (Å²) in [7, 11) is 0. The zero-order valence-corrected chi connectivity index (χ0v) is 21.3. The van der Waals surface area contributed by atoms with Gasteiger partial charge in [0.1, 0.15) is 11.8 Å². The van der Waals surface area contributed by atoms with E-state index in [2.05, 4.69) is 5.32 Å². The van der Waals surface area contributed by atoms with Crippen molar-refractivity contribution < 1.29 is 14.3 Å². The van der Waals surface area contributed by atoms with E-state index in [-0.39, 0.29) is 31.0 Å². The van der Waals surface area contributed by atoms with Gasteiger partial charge in [-0.3, -0.25) is 9.59 Å². The van der Waals surface area contributed by atoms with E-state index in [0.717, 1.165) is 23.1 Å². The highest BCUT2D eigenvalue weighted by Crippen LogP contribution is 2.18. The molecule has 0 radical (unpaired) electrons. The predicted molar refractivity (Wildman–Crippen MR) is 141 cm³/mol. The van der Waals surface area contributed by atoms with Gasteiger partial charge in [-0.25, -0.2) is 0 Å². The molecule has 0 bridgehead atoms. The van der Waals surface area contributed by atoms with Crippen molar-refractivity contribution in [2.24, 2.45) is 0 Å². The second kappa shape index (κ2) is 13.0. The fourth-order valence-electron chi connectivity index (χ4n) is 3.71. The average Bonchev–Trinajstić information content (AvgIpc) is 2.86. The van der Waals surface area contributed by atoms with Gasteiger partial charge in [-0.05, 0) is 61.2 Å². The highest BCUT2D eigenvalue weighted by Gasteiger charge is 2.31. The maximum Gasteiger partial charge on any atom is 0.261 e. The lowest BCUT2D eigenvalue weighted by atomic mass is 10.0. The molecule has 184 valence electrons. The molecular formula is C29H33ClN2O3. The molecule has 0 saturated heterocycles. The molecule has 2 atom stereocenters. The summed E-state index contributed by atoms with van der Waals surface area (Å²) in [5.74, 6) is 0.177. The van der Waals surface area contributed by atoms with Gasteiger partial charge in [-0.1, -0.05) is 73.1 Å². The van der Waals surface area contributed by atoms with Crippen LogP contribution in [0.5, 0.6) is 5.75 Å². The molecule has 0 aliphatic heterocycles. The van der Waals surface area contributed by atoms with Crippen LogP contribution in [0.25, 0.3) is 0 Å². The molecule has 0 aliphatic rings. The van der Waals surface area contributed by atoms with Crippen LogP contribution in [0.2, 0.25) is 5.02 Å². The molecule has 0 fully saturated rings. The minimum Gasteiger partial charge on any atom is -0.484 e. The van der Waals surface area contributed by atoms with Crippen LogP contribution in [-0.4, -0.2) is 35.4 Å². The number of hydrogen-bond acceptors (Lipinski definition) is 3. The van der Waals surface area contributed by atoms with Crippen molar-refractivity contribution >= 4 is 23.4 Å². The second-order valence-electron chi connectivity index (χ2n) is 8.78. The first kappa shape index (κ1) is 26.3. The molecule has 0 saturated carbocycles. The number of ether oxygens (including phenoxy) is 1. The summed E-state index contributed by atoms with van der Waals surface area (Å²) >= 11 is 6.07. The van der Waals surface area contributed by atoms with E-state index in [1.54, 1.807) is 17.0 Å². The van der Waals surface area contributed by atoms with Crippen LogP contribution in [0.4, 0.5) is 0 Å². The number of carbonyl (C=O) groups is 2. The Bertz CT molecular complexity index is 1100. The molecule has 0 heterocycles. The summed E-state index contributed by atoms with van der Waals surface area (Å²) in [6, 6.07) is 23.9. The van der Waals surface area contributed by atoms with E-state index in [0.29, 0.717) is 17.2 Å². The maximum absolute atomic E-state index is 13.6. The Labute approximate surface area is 213 Å². The van der Waals surface area contributed by atoms with Crippen LogP contribution in [0.3, 0.4) is 0 Å². The third kappa shape index (κ3) is 8.15. The fraction of sp³-hybridized carbons (Fsp3) is 0.310. The first-order valence-corrected chi connectivity index (χ1v) is 12.3. The van der Waals surface area contributed by atoms with Gasteiger partial charge < -0.3 is 15.0 Å². The Kier molecular flexibility index (Phi) is 9.74. The summed E-state index contributed by atoms with van der Waals surface area (Å²) in [6.45, 7) is 6.04. The molecular weight excluding hydrogens is 460 g/mol. The monoisotopic (exact) mass is 492 g/mol. The number of halogens is 1. The summed E-state index contributed by atoms with van der Waals surface area (Å²) in [5.41, 5.74) is 2.90. The molecule has 3 aromatic rings. The highest BCUT2D eigenvalue weighted by atomic mass is 35.5. The molecule has 0 spiro atoms. The van der Waals surface area contributed by atoms with Crippen LogP contribution in [0, 0.1) is 6.92 Å². The molecule has 5 nitrogen and oxygen atoms in total. The van der Waals surface area contributed by atoms with Crippen molar-refractivity contribution in [2.45, 2.75) is 52.2 Å². The predicted octanol–water partition coefficient (Wildman–Crippen LogP) is 5.58. The van der Waals surface area contributed by atoms with E-state index in [1.165, 1.54) is 0 Å². The minimum absolute atomic E-state index is 0.00296. The summed E-state index contributed by atoms with van der Waals surface area (Å²) < 4.78 is 5.82. The first-order valence-electron chi connectivity index (χ1n) is 11.9. The largest absolute Gasteiger partial charge is 0.484 e. The maximum atomic E-state index is 13.6. The summed E-state index contributed by atoms with van der Waals surface area (Å²) in [6.07, 6.45) is 1.19. The lowest BCUT2D eigenvalue weighted by molar-refractivity contribution is -0.143. The number of nitrogens with one attached hydrogen (secondary N) is 1. The average molecular weight is 493 g/mol. The fourth-order valence-corrected chi connectivity index (χ4v) is 3.84. The van der Waals surface area contributed by atoms with E-state index in [4.69, 9.17) is 16.3 Å². The molecule has 0 aromatic heterocycles. The summed E-state index contributed by atoms with van der Waals surface area (Å²) in [4.78, 5) is 28.6. The highest BCUT2D eigenvalue weighted by molar-refractivity contribution is 6.30. The van der Waals surface area contributed by atoms with Crippen molar-refractivity contribution in [2.75, 3.05) is 6.61 Å². The molecule has 0 aliphatic carbocycles. The lowest BCUT2D eigenvalue weighted by Gasteiger charge is -2.32. The Morgan fingerprint density at radius 1 is 0.971 bits per heavy atom. The normalized spacial score (nSPS) is 12.5. The molecule has 3 rings (SSSR count). The van der Waals surface area contributed by atoms with Gasteiger partial charge in [0.05, 0.1) is 0 Å². The molecule has 3 aromatic carbocycles. The molecule has 6 heteroatoms. The number of hydrogen-bond donors (Lipinski definition) is 1. The van der Waals surface area contributed by atoms with Crippen molar-refractivity contribution in [1.82, 2.24) is 10.2 Å². The van der Waals surface area contributed by atoms with Crippen LogP contribution in [0.1, 0.15) is 37.0 Å². The van der Waals surface area contributed by atoms with Crippen LogP contribution < -0.4 is 10.1 Å². The van der Waals surface area contributed by atoms with Crippen molar-refractivity contribution in [1.29, 1.82) is 0 Å². The Balaban J connectivity index is 1.90. The Morgan fingerprint density at radius 2 is 1.69 bits per heavy atom. The second-order valence-corrected chi connectivity index (χ2v) is 9.21. The van der Waals surface area contributed by atoms with Crippen LogP contribution in [0.15, 0.2) is 78.9 Å². The van der Waals surface area contributed by atoms with E-state index < -0.39 is 6.04 Å². The lowest BCUT2D eigenvalue weighted by Crippen LogP contribution is -2.53. The van der Waals surface area contributed by atoms with Gasteiger partial charge in [-0.2, -0.15) is 0 Å². The third-order valence-electron chi connectivity index (χ3n) is 5.89. The van der Waals surface area contributed by atoms with Gasteiger partial charge >= 0.3 is 0 Å². The van der Waals surface area contributed by atoms with E-state index >= 15 is 0 Å². The number of amides is 2. The Hall–Kier alpha value is -3.31. The van der Waals surface area contributed by atoms with Gasteiger partial charge in [-0.15, -0.1) is 0 Å². The van der Waals surface area contributed by atoms with Crippen LogP contribution in [-0.2, 0) is 22.6 Å². The third-order valence-corrected chi connectivity index (χ3v) is 6.14. The van der Waals surface area contributed by atoms with Crippen molar-refractivity contribution in [3.05, 3.63) is 101 Å². The molecule has 1 N–H and O–H groups in total. The van der Waals surface area contributed by atoms with E-state index in [1.807, 2.05) is 87.5 Å². The van der Waals surface area contributed by atoms with Crippen molar-refractivity contribution in [3.63, 3.8) is 0 Å². The van der Waals surface area contributed by atoms with Crippen molar-refractivity contribution in [3.8, 4) is 5.75 Å². The van der Waals surface area contributed by atoms with Gasteiger partial charge in [0, 0.05) is 24.0 Å². The quantitative estimate of drug-likeness (QED) is 0.380. The SMILES string of the molecule is CC[C@H](C)NC(=O)[C@H](Cc1ccccc1)N(Cc1ccc(Cl)cc1)C(=O)COc1cccc(C)c1. The number of benzene rings is 3. The van der Waals surface area contributed by atoms with Gasteiger partial charge in [0.15, 0.2) is 6.61 Å². The van der Waals surface area contributed by atoms with Gasteiger partial charge in [0.25, 0.3) is 5.91 Å². The summed E-state index contributed by atoms with van der Waals surface area (Å²) in [5, 5.41) is 3.68. The number of aryl methyl sites for hydroxylation is 1. The van der Waals surface area contributed by atoms with Gasteiger partial charge in [0.2, 0.25) is 5.91 Å². The Morgan fingerprint density at radius 3 is 2.34 bits per heavy atom. The number of nitrogens with zero attached hydrogens (tertiary/aromatic N) is 1. The zero-order chi connectivity index (χ0) is 25.2. The van der Waals surface area contributed by atoms with Crippen LogP contribution >= 0.6 is 11.6 Å². The zero-order valence-electron chi connectivity index (χ0n) is 20.5. The smallest absolute Gasteiger partial charge is 0.261 e.